The highest BCUT2D eigenvalue weighted by Crippen LogP contribution is 2.27. The molecule has 3 N–H and O–H groups in total. The van der Waals surface area contributed by atoms with E-state index in [9.17, 15) is 8.42 Å². The molecule has 2 aromatic rings. The van der Waals surface area contributed by atoms with Gasteiger partial charge in [0.25, 0.3) is 10.0 Å². The van der Waals surface area contributed by atoms with Crippen molar-refractivity contribution in [3.8, 4) is 0 Å². The number of hydrogen-bond acceptors (Lipinski definition) is 4. The molecule has 6 heteroatoms. The van der Waals surface area contributed by atoms with Crippen molar-refractivity contribution in [3.05, 3.63) is 45.8 Å². The largest absolute Gasteiger partial charge is 0.326 e. The lowest BCUT2D eigenvalue weighted by atomic mass is 10.1. The Kier molecular flexibility index (Phi) is 4.17. The van der Waals surface area contributed by atoms with Crippen LogP contribution in [0.1, 0.15) is 21.6 Å². The van der Waals surface area contributed by atoms with Crippen LogP contribution in [0.3, 0.4) is 0 Å². The predicted octanol–water partition coefficient (Wildman–Crippen LogP) is 2.93. The predicted molar refractivity (Wildman–Crippen MR) is 83.7 cm³/mol. The maximum atomic E-state index is 12.3. The third-order valence-corrected chi connectivity index (χ3v) is 6.32. The molecule has 1 aromatic heterocycles. The molecule has 0 bridgehead atoms. The lowest BCUT2D eigenvalue weighted by molar-refractivity contribution is 0.603. The Balaban J connectivity index is 2.32. The molecule has 0 aliphatic carbocycles. The molecule has 2 rings (SSSR count). The minimum atomic E-state index is -3.54. The average molecular weight is 310 g/mol. The van der Waals surface area contributed by atoms with Crippen LogP contribution in [0.25, 0.3) is 0 Å². The van der Waals surface area contributed by atoms with Crippen LogP contribution in [-0.4, -0.2) is 8.42 Å². The van der Waals surface area contributed by atoms with Crippen LogP contribution in [0.4, 0.5) is 5.69 Å². The molecule has 0 unspecified atom stereocenters. The van der Waals surface area contributed by atoms with Crippen LogP contribution in [0.5, 0.6) is 0 Å². The Bertz CT molecular complexity index is 734. The Hall–Kier alpha value is -1.37. The van der Waals surface area contributed by atoms with Crippen LogP contribution in [0, 0.1) is 20.8 Å². The topological polar surface area (TPSA) is 72.2 Å². The van der Waals surface area contributed by atoms with Crippen LogP contribution in [0.15, 0.2) is 28.5 Å². The third-order valence-electron chi connectivity index (χ3n) is 3.21. The van der Waals surface area contributed by atoms with Gasteiger partial charge in [-0.15, -0.1) is 11.3 Å². The van der Waals surface area contributed by atoms with Gasteiger partial charge >= 0.3 is 0 Å². The molecular weight excluding hydrogens is 292 g/mol. The summed E-state index contributed by atoms with van der Waals surface area (Å²) in [5.41, 5.74) is 9.26. The highest BCUT2D eigenvalue weighted by Gasteiger charge is 2.18. The number of sulfonamides is 1. The number of aryl methyl sites for hydroxylation is 3. The standard InChI is InChI=1S/C14H18N2O2S2/c1-9-4-5-12(6-10(9)2)16-20(17,18)14-7-11(3)13(8-15)19-14/h4-7,16H,8,15H2,1-3H3. The number of anilines is 1. The van der Waals surface area contributed by atoms with Gasteiger partial charge in [0.15, 0.2) is 0 Å². The molecule has 0 saturated carbocycles. The average Bonchev–Trinajstić information content (AvgIpc) is 2.76. The number of hydrogen-bond donors (Lipinski definition) is 2. The number of thiophene rings is 1. The molecule has 0 aliphatic heterocycles. The van der Waals surface area contributed by atoms with E-state index in [1.807, 2.05) is 32.9 Å². The van der Waals surface area contributed by atoms with Gasteiger partial charge in [0, 0.05) is 17.1 Å². The molecule has 0 atom stereocenters. The van der Waals surface area contributed by atoms with Crippen molar-refractivity contribution < 1.29 is 8.42 Å². The first-order valence-electron chi connectivity index (χ1n) is 6.23. The van der Waals surface area contributed by atoms with Gasteiger partial charge in [-0.1, -0.05) is 6.07 Å². The van der Waals surface area contributed by atoms with Crippen molar-refractivity contribution in [2.75, 3.05) is 4.72 Å². The van der Waals surface area contributed by atoms with Gasteiger partial charge < -0.3 is 5.73 Å². The van der Waals surface area contributed by atoms with E-state index in [1.54, 1.807) is 12.1 Å². The molecule has 4 nitrogen and oxygen atoms in total. The first kappa shape index (κ1) is 15.0. The van der Waals surface area contributed by atoms with E-state index >= 15 is 0 Å². The molecule has 0 aliphatic rings. The number of nitrogens with two attached hydrogens (primary N) is 1. The molecular formula is C14H18N2O2S2. The van der Waals surface area contributed by atoms with Crippen molar-refractivity contribution in [1.82, 2.24) is 0 Å². The summed E-state index contributed by atoms with van der Waals surface area (Å²) in [5, 5.41) is 0. The van der Waals surface area contributed by atoms with E-state index in [4.69, 9.17) is 5.73 Å². The molecule has 20 heavy (non-hydrogen) atoms. The zero-order valence-corrected chi connectivity index (χ0v) is 13.4. The number of nitrogens with one attached hydrogen (secondary N) is 1. The molecule has 1 aromatic carbocycles. The van der Waals surface area contributed by atoms with E-state index in [2.05, 4.69) is 4.72 Å². The third kappa shape index (κ3) is 3.03. The summed E-state index contributed by atoms with van der Waals surface area (Å²) in [5.74, 6) is 0. The van der Waals surface area contributed by atoms with Gasteiger partial charge in [0.05, 0.1) is 0 Å². The summed E-state index contributed by atoms with van der Waals surface area (Å²) in [4.78, 5) is 0.894. The highest BCUT2D eigenvalue weighted by atomic mass is 32.2. The Morgan fingerprint density at radius 3 is 2.35 bits per heavy atom. The van der Waals surface area contributed by atoms with Crippen LogP contribution in [0.2, 0.25) is 0 Å². The second-order valence-electron chi connectivity index (χ2n) is 4.78. The van der Waals surface area contributed by atoms with Gasteiger partial charge in [-0.05, 0) is 55.7 Å². The van der Waals surface area contributed by atoms with Gasteiger partial charge in [-0.25, -0.2) is 8.42 Å². The molecule has 0 saturated heterocycles. The van der Waals surface area contributed by atoms with Crippen molar-refractivity contribution in [3.63, 3.8) is 0 Å². The smallest absolute Gasteiger partial charge is 0.271 e. The minimum absolute atomic E-state index is 0.300. The Labute approximate surface area is 123 Å². The molecule has 0 spiro atoms. The molecule has 0 amide bonds. The second-order valence-corrected chi connectivity index (χ2v) is 7.83. The Morgan fingerprint density at radius 2 is 1.80 bits per heavy atom. The summed E-state index contributed by atoms with van der Waals surface area (Å²) in [6.45, 7) is 6.17. The number of rotatable bonds is 4. The second kappa shape index (κ2) is 5.55. The van der Waals surface area contributed by atoms with E-state index < -0.39 is 10.0 Å². The fourth-order valence-electron chi connectivity index (χ4n) is 1.83. The fraction of sp³-hybridized carbons (Fsp3) is 0.286. The summed E-state index contributed by atoms with van der Waals surface area (Å²) in [6, 6.07) is 7.16. The van der Waals surface area contributed by atoms with E-state index in [1.165, 1.54) is 11.3 Å². The highest BCUT2D eigenvalue weighted by molar-refractivity contribution is 7.94. The minimum Gasteiger partial charge on any atom is -0.326 e. The maximum Gasteiger partial charge on any atom is 0.271 e. The lowest BCUT2D eigenvalue weighted by Crippen LogP contribution is -2.11. The zero-order chi connectivity index (χ0) is 14.9. The van der Waals surface area contributed by atoms with E-state index in [0.29, 0.717) is 16.4 Å². The first-order valence-corrected chi connectivity index (χ1v) is 8.53. The zero-order valence-electron chi connectivity index (χ0n) is 11.7. The van der Waals surface area contributed by atoms with Crippen molar-refractivity contribution in [2.45, 2.75) is 31.5 Å². The molecule has 108 valence electrons. The Morgan fingerprint density at radius 1 is 1.10 bits per heavy atom. The van der Waals surface area contributed by atoms with Gasteiger partial charge in [-0.3, -0.25) is 4.72 Å². The van der Waals surface area contributed by atoms with Crippen LogP contribution >= 0.6 is 11.3 Å². The first-order chi connectivity index (χ1) is 9.33. The van der Waals surface area contributed by atoms with E-state index in [0.717, 1.165) is 21.6 Å². The van der Waals surface area contributed by atoms with Crippen LogP contribution < -0.4 is 10.5 Å². The lowest BCUT2D eigenvalue weighted by Gasteiger charge is -2.08. The normalized spacial score (nSPS) is 11.6. The molecule has 0 fully saturated rings. The summed E-state index contributed by atoms with van der Waals surface area (Å²) < 4.78 is 27.6. The summed E-state index contributed by atoms with van der Waals surface area (Å²) in [6.07, 6.45) is 0. The summed E-state index contributed by atoms with van der Waals surface area (Å²) >= 11 is 1.22. The fourth-order valence-corrected chi connectivity index (χ4v) is 4.35. The molecule has 0 radical (unpaired) electrons. The monoisotopic (exact) mass is 310 g/mol. The number of benzene rings is 1. The molecule has 1 heterocycles. The van der Waals surface area contributed by atoms with Gasteiger partial charge in [0.2, 0.25) is 0 Å². The summed E-state index contributed by atoms with van der Waals surface area (Å²) in [7, 11) is -3.54. The maximum absolute atomic E-state index is 12.3. The van der Waals surface area contributed by atoms with Crippen molar-refractivity contribution in [2.24, 2.45) is 5.73 Å². The quantitative estimate of drug-likeness (QED) is 0.912. The van der Waals surface area contributed by atoms with Crippen molar-refractivity contribution in [1.29, 1.82) is 0 Å². The van der Waals surface area contributed by atoms with Gasteiger partial charge in [0.1, 0.15) is 4.21 Å². The van der Waals surface area contributed by atoms with Crippen LogP contribution in [-0.2, 0) is 16.6 Å². The SMILES string of the molecule is Cc1ccc(NS(=O)(=O)c2cc(C)c(CN)s2)cc1C. The van der Waals surface area contributed by atoms with Gasteiger partial charge in [-0.2, -0.15) is 0 Å². The van der Waals surface area contributed by atoms with E-state index in [-0.39, 0.29) is 0 Å². The van der Waals surface area contributed by atoms with Crippen molar-refractivity contribution >= 4 is 27.0 Å².